The summed E-state index contributed by atoms with van der Waals surface area (Å²) in [5.41, 5.74) is 0.630. The van der Waals surface area contributed by atoms with Crippen molar-refractivity contribution < 1.29 is 9.47 Å². The van der Waals surface area contributed by atoms with Crippen molar-refractivity contribution in [2.75, 3.05) is 13.2 Å². The molecule has 3 rings (SSSR count). The fourth-order valence-corrected chi connectivity index (χ4v) is 3.52. The molecular formula is C13H22O2. The van der Waals surface area contributed by atoms with Crippen LogP contribution in [0.4, 0.5) is 0 Å². The predicted octanol–water partition coefficient (Wildman–Crippen LogP) is 2.76. The molecule has 15 heavy (non-hydrogen) atoms. The summed E-state index contributed by atoms with van der Waals surface area (Å²) in [5.74, 6) is 0.793. The highest BCUT2D eigenvalue weighted by Crippen LogP contribution is 2.59. The van der Waals surface area contributed by atoms with Gasteiger partial charge in [0.1, 0.15) is 0 Å². The van der Waals surface area contributed by atoms with Gasteiger partial charge in [0, 0.05) is 6.61 Å². The first-order valence-corrected chi connectivity index (χ1v) is 6.57. The highest BCUT2D eigenvalue weighted by Gasteiger charge is 2.57. The van der Waals surface area contributed by atoms with Gasteiger partial charge in [0.05, 0.1) is 18.8 Å². The third-order valence-electron chi connectivity index (χ3n) is 4.70. The Morgan fingerprint density at radius 3 is 2.87 bits per heavy atom. The topological polar surface area (TPSA) is 21.8 Å². The third-order valence-corrected chi connectivity index (χ3v) is 4.70. The molecule has 0 radical (unpaired) electrons. The van der Waals surface area contributed by atoms with E-state index in [0.717, 1.165) is 25.6 Å². The Labute approximate surface area is 92.3 Å². The molecule has 1 aliphatic heterocycles. The molecule has 2 aliphatic carbocycles. The van der Waals surface area contributed by atoms with Crippen molar-refractivity contribution in [2.45, 2.75) is 57.7 Å². The van der Waals surface area contributed by atoms with Gasteiger partial charge in [-0.25, -0.2) is 0 Å². The van der Waals surface area contributed by atoms with Crippen LogP contribution in [0.15, 0.2) is 0 Å². The molecule has 0 amide bonds. The molecule has 0 aromatic carbocycles. The molecule has 1 saturated heterocycles. The highest BCUT2D eigenvalue weighted by atomic mass is 16.6. The Hall–Kier alpha value is -0.0800. The first-order valence-electron chi connectivity index (χ1n) is 6.57. The monoisotopic (exact) mass is 210 g/mol. The van der Waals surface area contributed by atoms with E-state index in [-0.39, 0.29) is 0 Å². The summed E-state index contributed by atoms with van der Waals surface area (Å²) in [6.45, 7) is 4.10. The molecule has 0 aromatic rings. The van der Waals surface area contributed by atoms with Gasteiger partial charge in [0.15, 0.2) is 0 Å². The van der Waals surface area contributed by atoms with Gasteiger partial charge < -0.3 is 9.47 Å². The van der Waals surface area contributed by atoms with Crippen molar-refractivity contribution >= 4 is 0 Å². The van der Waals surface area contributed by atoms with Crippen molar-refractivity contribution in [3.63, 3.8) is 0 Å². The molecule has 3 aliphatic rings. The standard InChI is InChI=1S/C13H22O2/c1-2-6-14-9-10-7-11-12(15-11)8-13(10)4-3-5-13/h10-12H,2-9H2,1H3. The van der Waals surface area contributed by atoms with Crippen LogP contribution in [0.5, 0.6) is 0 Å². The minimum absolute atomic E-state index is 0.603. The number of rotatable bonds is 4. The summed E-state index contributed by atoms with van der Waals surface area (Å²) in [6, 6.07) is 0. The van der Waals surface area contributed by atoms with E-state index in [1.54, 1.807) is 0 Å². The fourth-order valence-electron chi connectivity index (χ4n) is 3.52. The van der Waals surface area contributed by atoms with Gasteiger partial charge in [0.2, 0.25) is 0 Å². The Bertz CT molecular complexity index is 235. The van der Waals surface area contributed by atoms with E-state index in [2.05, 4.69) is 6.92 Å². The molecule has 2 heteroatoms. The van der Waals surface area contributed by atoms with Crippen molar-refractivity contribution in [3.8, 4) is 0 Å². The maximum Gasteiger partial charge on any atom is 0.0847 e. The highest BCUT2D eigenvalue weighted by molar-refractivity contribution is 5.06. The SMILES string of the molecule is CCCOCC1CC2OC2CC12CCC2. The molecule has 0 N–H and O–H groups in total. The van der Waals surface area contributed by atoms with Gasteiger partial charge in [-0.05, 0) is 43.4 Å². The van der Waals surface area contributed by atoms with Crippen LogP contribution in [0.3, 0.4) is 0 Å². The van der Waals surface area contributed by atoms with Crippen molar-refractivity contribution in [3.05, 3.63) is 0 Å². The molecule has 3 atom stereocenters. The van der Waals surface area contributed by atoms with Crippen LogP contribution in [0, 0.1) is 11.3 Å². The van der Waals surface area contributed by atoms with Crippen molar-refractivity contribution in [2.24, 2.45) is 11.3 Å². The van der Waals surface area contributed by atoms with Gasteiger partial charge in [-0.3, -0.25) is 0 Å². The van der Waals surface area contributed by atoms with E-state index in [9.17, 15) is 0 Å². The Morgan fingerprint density at radius 1 is 1.33 bits per heavy atom. The first-order chi connectivity index (χ1) is 7.34. The van der Waals surface area contributed by atoms with Crippen LogP contribution < -0.4 is 0 Å². The molecule has 2 nitrogen and oxygen atoms in total. The Morgan fingerprint density at radius 2 is 2.20 bits per heavy atom. The van der Waals surface area contributed by atoms with Gasteiger partial charge in [-0.2, -0.15) is 0 Å². The zero-order chi connectivity index (χ0) is 10.3. The first kappa shape index (κ1) is 10.1. The summed E-state index contributed by atoms with van der Waals surface area (Å²) in [4.78, 5) is 0. The zero-order valence-corrected chi connectivity index (χ0v) is 9.71. The van der Waals surface area contributed by atoms with E-state index in [1.165, 1.54) is 32.1 Å². The van der Waals surface area contributed by atoms with Gasteiger partial charge in [-0.15, -0.1) is 0 Å². The summed E-state index contributed by atoms with van der Waals surface area (Å²) in [6.07, 6.45) is 9.27. The van der Waals surface area contributed by atoms with Crippen molar-refractivity contribution in [1.82, 2.24) is 0 Å². The van der Waals surface area contributed by atoms with E-state index in [4.69, 9.17) is 9.47 Å². The Kier molecular flexibility index (Phi) is 2.52. The maximum absolute atomic E-state index is 5.76. The molecule has 0 aromatic heterocycles. The minimum Gasteiger partial charge on any atom is -0.381 e. The lowest BCUT2D eigenvalue weighted by Gasteiger charge is -2.49. The summed E-state index contributed by atoms with van der Waals surface area (Å²) in [5, 5.41) is 0. The van der Waals surface area contributed by atoms with E-state index in [1.807, 2.05) is 0 Å². The number of epoxide rings is 1. The largest absolute Gasteiger partial charge is 0.381 e. The van der Waals surface area contributed by atoms with Gasteiger partial charge in [-0.1, -0.05) is 13.3 Å². The van der Waals surface area contributed by atoms with Crippen LogP contribution in [0.1, 0.15) is 45.4 Å². The molecule has 1 heterocycles. The summed E-state index contributed by atoms with van der Waals surface area (Å²) >= 11 is 0. The van der Waals surface area contributed by atoms with Crippen LogP contribution in [0.25, 0.3) is 0 Å². The average Bonchev–Trinajstić information content (AvgIpc) is 2.92. The third kappa shape index (κ3) is 1.72. The van der Waals surface area contributed by atoms with Gasteiger partial charge in [0.25, 0.3) is 0 Å². The van der Waals surface area contributed by atoms with Crippen molar-refractivity contribution in [1.29, 1.82) is 0 Å². The number of hydrogen-bond acceptors (Lipinski definition) is 2. The second-order valence-electron chi connectivity index (χ2n) is 5.64. The average molecular weight is 210 g/mol. The number of hydrogen-bond donors (Lipinski definition) is 0. The van der Waals surface area contributed by atoms with E-state index in [0.29, 0.717) is 17.6 Å². The molecule has 1 spiro atoms. The molecule has 86 valence electrons. The zero-order valence-electron chi connectivity index (χ0n) is 9.71. The second-order valence-corrected chi connectivity index (χ2v) is 5.64. The summed E-state index contributed by atoms with van der Waals surface area (Å²) < 4.78 is 11.5. The summed E-state index contributed by atoms with van der Waals surface area (Å²) in [7, 11) is 0. The van der Waals surface area contributed by atoms with E-state index < -0.39 is 0 Å². The smallest absolute Gasteiger partial charge is 0.0847 e. The minimum atomic E-state index is 0.603. The van der Waals surface area contributed by atoms with E-state index >= 15 is 0 Å². The van der Waals surface area contributed by atoms with Crippen LogP contribution >= 0.6 is 0 Å². The molecule has 3 unspecified atom stereocenters. The molecule has 0 bridgehead atoms. The van der Waals surface area contributed by atoms with Crippen LogP contribution in [-0.2, 0) is 9.47 Å². The van der Waals surface area contributed by atoms with Crippen LogP contribution in [-0.4, -0.2) is 25.4 Å². The number of fused-ring (bicyclic) bond motifs is 1. The predicted molar refractivity (Wildman–Crippen MR) is 58.8 cm³/mol. The molecular weight excluding hydrogens is 188 g/mol. The van der Waals surface area contributed by atoms with Crippen LogP contribution in [0.2, 0.25) is 0 Å². The fraction of sp³-hybridized carbons (Fsp3) is 1.00. The molecule has 3 fully saturated rings. The quantitative estimate of drug-likeness (QED) is 0.525. The molecule has 2 saturated carbocycles. The lowest BCUT2D eigenvalue weighted by atomic mass is 9.55. The second kappa shape index (κ2) is 3.74. The van der Waals surface area contributed by atoms with Gasteiger partial charge >= 0.3 is 0 Å². The lowest BCUT2D eigenvalue weighted by molar-refractivity contribution is -0.0350. The lowest BCUT2D eigenvalue weighted by Crippen LogP contribution is -2.44. The normalized spacial score (nSPS) is 41.0. The number of ether oxygens (including phenoxy) is 2. The maximum atomic E-state index is 5.76. The Balaban J connectivity index is 1.58.